The maximum absolute atomic E-state index is 5.23. The van der Waals surface area contributed by atoms with Gasteiger partial charge in [0.2, 0.25) is 0 Å². The van der Waals surface area contributed by atoms with Gasteiger partial charge in [-0.1, -0.05) is 138 Å². The predicted molar refractivity (Wildman–Crippen MR) is 141 cm³/mol. The van der Waals surface area contributed by atoms with E-state index in [1.807, 2.05) is 0 Å². The van der Waals surface area contributed by atoms with E-state index in [1.54, 1.807) is 0 Å². The second-order valence-electron chi connectivity index (χ2n) is 9.90. The largest absolute Gasteiger partial charge is 0.658 e. The lowest BCUT2D eigenvalue weighted by Crippen LogP contribution is -1.96. The van der Waals surface area contributed by atoms with Crippen molar-refractivity contribution in [3.05, 3.63) is 93.6 Å². The molecule has 3 rings (SSSR count). The van der Waals surface area contributed by atoms with Crippen LogP contribution in [0.5, 0.6) is 0 Å². The van der Waals surface area contributed by atoms with Gasteiger partial charge in [0.05, 0.1) is 0 Å². The summed E-state index contributed by atoms with van der Waals surface area (Å²) < 4.78 is 0. The second-order valence-corrected chi connectivity index (χ2v) is 9.90. The van der Waals surface area contributed by atoms with Crippen LogP contribution in [-0.4, -0.2) is 0 Å². The van der Waals surface area contributed by atoms with Crippen LogP contribution >= 0.6 is 0 Å². The molecular formula is C30H38N2-2. The van der Waals surface area contributed by atoms with E-state index in [2.05, 4.69) is 116 Å². The van der Waals surface area contributed by atoms with E-state index in [9.17, 15) is 0 Å². The molecule has 32 heavy (non-hydrogen) atoms. The molecule has 0 heterocycles. The van der Waals surface area contributed by atoms with Crippen molar-refractivity contribution in [1.82, 2.24) is 0 Å². The van der Waals surface area contributed by atoms with Crippen molar-refractivity contribution in [2.24, 2.45) is 0 Å². The van der Waals surface area contributed by atoms with Crippen molar-refractivity contribution in [3.63, 3.8) is 0 Å². The van der Waals surface area contributed by atoms with Gasteiger partial charge >= 0.3 is 0 Å². The third-order valence-electron chi connectivity index (χ3n) is 6.03. The lowest BCUT2D eigenvalue weighted by atomic mass is 9.92. The Balaban J connectivity index is 2.09. The van der Waals surface area contributed by atoms with Gasteiger partial charge in [0.1, 0.15) is 0 Å². The van der Waals surface area contributed by atoms with Crippen LogP contribution < -0.4 is 0 Å². The highest BCUT2D eigenvalue weighted by Crippen LogP contribution is 2.50. The zero-order valence-electron chi connectivity index (χ0n) is 21.0. The van der Waals surface area contributed by atoms with Crippen molar-refractivity contribution in [1.29, 1.82) is 0 Å². The smallest absolute Gasteiger partial charge is 0.0231 e. The summed E-state index contributed by atoms with van der Waals surface area (Å²) in [6.45, 7) is 17.9. The number of rotatable bonds is 8. The van der Waals surface area contributed by atoms with E-state index in [-0.39, 0.29) is 0 Å². The summed E-state index contributed by atoms with van der Waals surface area (Å²) in [7, 11) is 0. The number of para-hydroxylation sites is 4. The van der Waals surface area contributed by atoms with Crippen LogP contribution in [0.4, 0.5) is 22.7 Å². The summed E-state index contributed by atoms with van der Waals surface area (Å²) in [5.41, 5.74) is 9.20. The summed E-state index contributed by atoms with van der Waals surface area (Å²) >= 11 is 0. The zero-order valence-corrected chi connectivity index (χ0v) is 21.0. The van der Waals surface area contributed by atoms with Crippen molar-refractivity contribution < 1.29 is 0 Å². The highest BCUT2D eigenvalue weighted by molar-refractivity contribution is 5.88. The Morgan fingerprint density at radius 3 is 0.938 bits per heavy atom. The number of benzene rings is 3. The fourth-order valence-corrected chi connectivity index (χ4v) is 4.18. The molecule has 0 spiro atoms. The molecule has 170 valence electrons. The molecule has 0 aliphatic carbocycles. The van der Waals surface area contributed by atoms with Crippen molar-refractivity contribution in [2.45, 2.75) is 79.1 Å². The molecular weight excluding hydrogens is 388 g/mol. The van der Waals surface area contributed by atoms with Crippen LogP contribution in [0.2, 0.25) is 0 Å². The van der Waals surface area contributed by atoms with Crippen LogP contribution in [0.25, 0.3) is 10.6 Å². The normalized spacial score (nSPS) is 11.6. The molecule has 0 saturated carbocycles. The first-order valence-electron chi connectivity index (χ1n) is 12.0. The third kappa shape index (κ3) is 5.18. The van der Waals surface area contributed by atoms with Gasteiger partial charge in [0, 0.05) is 0 Å². The van der Waals surface area contributed by atoms with E-state index in [0.717, 1.165) is 22.7 Å². The molecule has 3 aromatic carbocycles. The predicted octanol–water partition coefficient (Wildman–Crippen LogP) is 10.9. The molecule has 0 atom stereocenters. The topological polar surface area (TPSA) is 28.2 Å². The fraction of sp³-hybridized carbons (Fsp3) is 0.400. The van der Waals surface area contributed by atoms with Gasteiger partial charge in [0.25, 0.3) is 0 Å². The molecule has 2 heteroatoms. The van der Waals surface area contributed by atoms with Crippen LogP contribution in [0.3, 0.4) is 0 Å². The Kier molecular flexibility index (Phi) is 7.66. The highest BCUT2D eigenvalue weighted by Gasteiger charge is 2.09. The average molecular weight is 427 g/mol. The Hall–Kier alpha value is -2.74. The molecule has 0 amide bonds. The Bertz CT molecular complexity index is 907. The molecule has 0 radical (unpaired) electrons. The third-order valence-corrected chi connectivity index (χ3v) is 6.03. The van der Waals surface area contributed by atoms with E-state index in [0.29, 0.717) is 23.7 Å². The maximum atomic E-state index is 5.23. The molecule has 0 fully saturated rings. The van der Waals surface area contributed by atoms with E-state index in [4.69, 9.17) is 10.6 Å². The molecule has 0 saturated heterocycles. The first-order valence-corrected chi connectivity index (χ1v) is 12.0. The van der Waals surface area contributed by atoms with E-state index < -0.39 is 0 Å². The first-order chi connectivity index (χ1) is 15.2. The first kappa shape index (κ1) is 23.9. The highest BCUT2D eigenvalue weighted by atomic mass is 15.0. The van der Waals surface area contributed by atoms with Crippen LogP contribution in [0, 0.1) is 0 Å². The SMILES string of the molecule is CC(C)c1cccc(C(C)C)c1[N-]c1ccccc1[N-]c1c(C(C)C)cccc1C(C)C. The lowest BCUT2D eigenvalue weighted by Gasteiger charge is -2.39. The molecule has 0 aliphatic rings. The molecule has 0 bridgehead atoms. The van der Waals surface area contributed by atoms with Crippen molar-refractivity contribution in [2.75, 3.05) is 0 Å². The maximum Gasteiger partial charge on any atom is -0.0231 e. The second kappa shape index (κ2) is 10.3. The minimum atomic E-state index is 0.408. The quantitative estimate of drug-likeness (QED) is 0.342. The summed E-state index contributed by atoms with van der Waals surface area (Å²) in [5, 5.41) is 10.5. The lowest BCUT2D eigenvalue weighted by molar-refractivity contribution is 0.840. The number of hydrogen-bond acceptors (Lipinski definition) is 0. The Morgan fingerprint density at radius 2 is 0.688 bits per heavy atom. The van der Waals surface area contributed by atoms with Gasteiger partial charge in [-0.15, -0.1) is 11.4 Å². The molecule has 0 aromatic heterocycles. The standard InChI is InChI=1S/C30H38N2/c1-19(2)23-13-11-14-24(20(3)4)29(23)31-27-17-9-10-18-28(27)32-30-25(21(5)6)15-12-16-26(30)22(7)8/h9-22H,1-8H3/q-2. The Labute approximate surface area is 195 Å². The summed E-state index contributed by atoms with van der Waals surface area (Å²) in [5.74, 6) is 1.63. The summed E-state index contributed by atoms with van der Waals surface area (Å²) in [6, 6.07) is 21.5. The van der Waals surface area contributed by atoms with Crippen LogP contribution in [0.15, 0.2) is 60.7 Å². The van der Waals surface area contributed by atoms with Gasteiger partial charge in [-0.3, -0.25) is 0 Å². The molecule has 3 aromatic rings. The molecule has 2 nitrogen and oxygen atoms in total. The van der Waals surface area contributed by atoms with Crippen molar-refractivity contribution in [3.8, 4) is 0 Å². The zero-order chi connectivity index (χ0) is 23.4. The van der Waals surface area contributed by atoms with Gasteiger partial charge in [-0.2, -0.15) is 11.4 Å². The van der Waals surface area contributed by atoms with Crippen molar-refractivity contribution >= 4 is 22.7 Å². The minimum absolute atomic E-state index is 0.408. The van der Waals surface area contributed by atoms with Gasteiger partial charge in [-0.05, 0) is 23.7 Å². The monoisotopic (exact) mass is 426 g/mol. The average Bonchev–Trinajstić information content (AvgIpc) is 2.74. The van der Waals surface area contributed by atoms with Gasteiger partial charge in [0.15, 0.2) is 0 Å². The molecule has 0 aliphatic heterocycles. The van der Waals surface area contributed by atoms with E-state index >= 15 is 0 Å². The van der Waals surface area contributed by atoms with E-state index in [1.165, 1.54) is 22.3 Å². The molecule has 0 unspecified atom stereocenters. The van der Waals surface area contributed by atoms with Crippen LogP contribution in [-0.2, 0) is 0 Å². The van der Waals surface area contributed by atoms with Crippen LogP contribution in [0.1, 0.15) is 101 Å². The number of hydrogen-bond donors (Lipinski definition) is 0. The number of nitrogens with zero attached hydrogens (tertiary/aromatic N) is 2. The Morgan fingerprint density at radius 1 is 0.406 bits per heavy atom. The summed E-state index contributed by atoms with van der Waals surface area (Å²) in [6.07, 6.45) is 0. The van der Waals surface area contributed by atoms with Gasteiger partial charge in [-0.25, -0.2) is 0 Å². The summed E-state index contributed by atoms with van der Waals surface area (Å²) in [4.78, 5) is 0. The fourth-order valence-electron chi connectivity index (χ4n) is 4.18. The minimum Gasteiger partial charge on any atom is -0.658 e. The molecule has 0 N–H and O–H groups in total. The van der Waals surface area contributed by atoms with Gasteiger partial charge < -0.3 is 10.6 Å².